The van der Waals surface area contributed by atoms with Crippen molar-refractivity contribution in [1.82, 2.24) is 19.8 Å². The number of nitrogens with zero attached hydrogens (tertiary/aromatic N) is 3. The minimum atomic E-state index is -5.08. The van der Waals surface area contributed by atoms with Gasteiger partial charge in [-0.2, -0.15) is 26.3 Å². The highest BCUT2D eigenvalue weighted by atomic mass is 19.4. The average molecular weight is 839 g/mol. The molecule has 15 nitrogen and oxygen atoms in total. The number of halogens is 6. The molecule has 3 amide bonds. The van der Waals surface area contributed by atoms with Crippen LogP contribution in [-0.4, -0.2) is 104 Å². The molecule has 318 valence electrons. The molecule has 3 aromatic carbocycles. The summed E-state index contributed by atoms with van der Waals surface area (Å²) in [5, 5.41) is 21.9. The molecule has 6 N–H and O–H groups in total. The van der Waals surface area contributed by atoms with Crippen LogP contribution in [0.25, 0.3) is 10.8 Å². The van der Waals surface area contributed by atoms with Crippen LogP contribution in [0.15, 0.2) is 85.3 Å². The van der Waals surface area contributed by atoms with E-state index in [2.05, 4.69) is 15.6 Å². The number of carbonyl (C=O) groups is 6. The van der Waals surface area contributed by atoms with Gasteiger partial charge in [0.1, 0.15) is 18.1 Å². The number of aromatic nitrogens is 2. The molecule has 0 bridgehead atoms. The molecule has 5 rings (SSSR count). The topological polar surface area (TPSA) is 223 Å². The van der Waals surface area contributed by atoms with Gasteiger partial charge in [-0.1, -0.05) is 72.8 Å². The highest BCUT2D eigenvalue weighted by Gasteiger charge is 2.40. The zero-order valence-corrected chi connectivity index (χ0v) is 31.6. The number of alkyl halides is 6. The maximum atomic E-state index is 14.0. The van der Waals surface area contributed by atoms with E-state index < -0.39 is 65.7 Å². The lowest BCUT2D eigenvalue weighted by molar-refractivity contribution is -0.193. The first-order valence-electron chi connectivity index (χ1n) is 17.4. The number of benzene rings is 3. The normalized spacial score (nSPS) is 15.0. The molecule has 4 aromatic rings. The van der Waals surface area contributed by atoms with E-state index in [1.54, 1.807) is 29.5 Å². The molecule has 1 aliphatic heterocycles. The van der Waals surface area contributed by atoms with Crippen LogP contribution < -0.4 is 16.4 Å². The zero-order chi connectivity index (χ0) is 44.3. The second kappa shape index (κ2) is 19.8. The molecule has 1 aliphatic rings. The molecule has 2 heterocycles. The standard InChI is InChI=1S/C34H38N6O5.2C2HF3O2/c1-34(2,35)33(44)37-26(19-22-15-16-23-10-7-8-13-25(23)18-22)30(41)38-28-20-39(21-36-28)29(24-11-5-4-6-12-24)31(42)40-17-9-14-27(40)32(43)45-3;2*3-2(4,5)1(6)7/h4-8,10-13,15-16,18,20-21,26-27,29H,9,14,17,19,35H2,1-3H3,(H,37,44)(H,38,41);2*(H,6,7)/t26-,27+,29?;;/m1../s1. The van der Waals surface area contributed by atoms with E-state index in [1.165, 1.54) is 13.4 Å². The SMILES string of the molecule is COC(=O)[C@@H]1CCCN1C(=O)C(c1ccccc1)n1cnc(NC(=O)[C@@H](Cc2ccc3ccccc3c2)NC(=O)C(C)(C)N)c1.O=C(O)C(F)(F)F.O=C(O)C(F)(F)F. The molecule has 0 spiro atoms. The predicted molar refractivity (Wildman–Crippen MR) is 197 cm³/mol. The van der Waals surface area contributed by atoms with Gasteiger partial charge in [-0.05, 0) is 48.6 Å². The number of carbonyl (C=O) groups excluding carboxylic acids is 4. The van der Waals surface area contributed by atoms with Crippen LogP contribution in [0.4, 0.5) is 32.2 Å². The lowest BCUT2D eigenvalue weighted by Crippen LogP contribution is -2.55. The summed E-state index contributed by atoms with van der Waals surface area (Å²) < 4.78 is 70.0. The number of carboxylic acids is 2. The molecule has 1 unspecified atom stereocenters. The third kappa shape index (κ3) is 13.5. The van der Waals surface area contributed by atoms with Gasteiger partial charge in [0.15, 0.2) is 5.82 Å². The maximum Gasteiger partial charge on any atom is 0.490 e. The number of amides is 3. The monoisotopic (exact) mass is 838 g/mol. The Bertz CT molecular complexity index is 2100. The molecule has 1 saturated heterocycles. The average Bonchev–Trinajstić information content (AvgIpc) is 3.84. The number of rotatable bonds is 10. The van der Waals surface area contributed by atoms with Gasteiger partial charge < -0.3 is 40.8 Å². The van der Waals surface area contributed by atoms with Crippen molar-refractivity contribution in [2.45, 2.75) is 69.1 Å². The van der Waals surface area contributed by atoms with E-state index in [4.69, 9.17) is 30.3 Å². The highest BCUT2D eigenvalue weighted by molar-refractivity contribution is 5.98. The van der Waals surface area contributed by atoms with E-state index >= 15 is 0 Å². The van der Waals surface area contributed by atoms with E-state index in [9.17, 15) is 45.5 Å². The molecule has 1 fully saturated rings. The van der Waals surface area contributed by atoms with Gasteiger partial charge in [-0.25, -0.2) is 19.4 Å². The van der Waals surface area contributed by atoms with E-state index in [-0.39, 0.29) is 18.1 Å². The number of anilines is 1. The van der Waals surface area contributed by atoms with Crippen molar-refractivity contribution in [3.63, 3.8) is 0 Å². The Morgan fingerprint density at radius 3 is 1.98 bits per heavy atom. The molecule has 0 aliphatic carbocycles. The van der Waals surface area contributed by atoms with Crippen molar-refractivity contribution < 1.29 is 70.1 Å². The van der Waals surface area contributed by atoms with Crippen molar-refractivity contribution >= 4 is 52.2 Å². The summed E-state index contributed by atoms with van der Waals surface area (Å²) in [6, 6.07) is 20.5. The Morgan fingerprint density at radius 1 is 0.881 bits per heavy atom. The lowest BCUT2D eigenvalue weighted by atomic mass is 9.99. The van der Waals surface area contributed by atoms with E-state index in [1.807, 2.05) is 72.8 Å². The van der Waals surface area contributed by atoms with Gasteiger partial charge in [0.25, 0.3) is 5.91 Å². The second-order valence-corrected chi connectivity index (χ2v) is 13.5. The number of fused-ring (bicyclic) bond motifs is 1. The van der Waals surface area contributed by atoms with Crippen LogP contribution in [0.5, 0.6) is 0 Å². The summed E-state index contributed by atoms with van der Waals surface area (Å²) in [5.41, 5.74) is 6.38. The Kier molecular flexibility index (Phi) is 15.7. The van der Waals surface area contributed by atoms with Crippen LogP contribution in [0.3, 0.4) is 0 Å². The fraction of sp³-hybridized carbons (Fsp3) is 0.342. The van der Waals surface area contributed by atoms with Gasteiger partial charge in [-0.3, -0.25) is 14.4 Å². The molecule has 59 heavy (non-hydrogen) atoms. The first-order valence-corrected chi connectivity index (χ1v) is 17.4. The number of hydrogen-bond acceptors (Lipinski definition) is 9. The van der Waals surface area contributed by atoms with Crippen LogP contribution >= 0.6 is 0 Å². The Balaban J connectivity index is 0.000000569. The maximum absolute atomic E-state index is 14.0. The van der Waals surface area contributed by atoms with Gasteiger partial charge in [0, 0.05) is 19.2 Å². The third-order valence-electron chi connectivity index (χ3n) is 8.46. The number of methoxy groups -OCH3 is 1. The minimum Gasteiger partial charge on any atom is -0.475 e. The van der Waals surface area contributed by atoms with Crippen LogP contribution in [-0.2, 0) is 39.9 Å². The first-order chi connectivity index (χ1) is 27.4. The third-order valence-corrected chi connectivity index (χ3v) is 8.46. The molecular formula is C38H40F6N6O9. The summed E-state index contributed by atoms with van der Waals surface area (Å²) in [4.78, 5) is 76.6. The molecule has 21 heteroatoms. The number of esters is 1. The van der Waals surface area contributed by atoms with Gasteiger partial charge in [0.2, 0.25) is 11.8 Å². The largest absolute Gasteiger partial charge is 0.490 e. The number of imidazole rings is 1. The smallest absolute Gasteiger partial charge is 0.475 e. The summed E-state index contributed by atoms with van der Waals surface area (Å²) in [7, 11) is 1.31. The Hall–Kier alpha value is -6.51. The number of hydrogen-bond donors (Lipinski definition) is 5. The Morgan fingerprint density at radius 2 is 1.44 bits per heavy atom. The number of carboxylic acid groups (broad SMARTS) is 2. The summed E-state index contributed by atoms with van der Waals surface area (Å²) in [5.74, 6) is -7.01. The van der Waals surface area contributed by atoms with Crippen molar-refractivity contribution in [1.29, 1.82) is 0 Å². The van der Waals surface area contributed by atoms with E-state index in [0.29, 0.717) is 24.9 Å². The van der Waals surface area contributed by atoms with Gasteiger partial charge >= 0.3 is 30.3 Å². The van der Waals surface area contributed by atoms with Crippen molar-refractivity contribution in [2.24, 2.45) is 5.73 Å². The highest BCUT2D eigenvalue weighted by Crippen LogP contribution is 2.28. The van der Waals surface area contributed by atoms with Crippen LogP contribution in [0.1, 0.15) is 43.9 Å². The molecule has 3 atom stereocenters. The first kappa shape index (κ1) is 46.9. The summed E-state index contributed by atoms with van der Waals surface area (Å²) >= 11 is 0. The van der Waals surface area contributed by atoms with Gasteiger partial charge in [0.05, 0.1) is 19.0 Å². The molecular weight excluding hydrogens is 798 g/mol. The summed E-state index contributed by atoms with van der Waals surface area (Å²) in [6.45, 7) is 3.57. The minimum absolute atomic E-state index is 0.199. The number of nitrogens with one attached hydrogen (secondary N) is 2. The van der Waals surface area contributed by atoms with Crippen LogP contribution in [0, 0.1) is 0 Å². The molecule has 0 saturated carbocycles. The fourth-order valence-electron chi connectivity index (χ4n) is 5.56. The quantitative estimate of drug-likeness (QED) is 0.111. The van der Waals surface area contributed by atoms with E-state index in [0.717, 1.165) is 16.3 Å². The fourth-order valence-corrected chi connectivity index (χ4v) is 5.56. The molecule has 0 radical (unpaired) electrons. The van der Waals surface area contributed by atoms with Crippen molar-refractivity contribution in [3.05, 3.63) is 96.4 Å². The predicted octanol–water partition coefficient (Wildman–Crippen LogP) is 4.46. The molecule has 1 aromatic heterocycles. The summed E-state index contributed by atoms with van der Waals surface area (Å²) in [6.07, 6.45) is -5.71. The van der Waals surface area contributed by atoms with Crippen molar-refractivity contribution in [2.75, 3.05) is 19.0 Å². The van der Waals surface area contributed by atoms with Crippen molar-refractivity contribution in [3.8, 4) is 0 Å². The van der Waals surface area contributed by atoms with Crippen LogP contribution in [0.2, 0.25) is 0 Å². The zero-order valence-electron chi connectivity index (χ0n) is 31.6. The number of likely N-dealkylation sites (tertiary alicyclic amines) is 1. The Labute approximate surface area is 332 Å². The number of aliphatic carboxylic acids is 2. The number of nitrogens with two attached hydrogens (primary N) is 1. The number of ether oxygens (including phenoxy) is 1. The second-order valence-electron chi connectivity index (χ2n) is 13.5. The lowest BCUT2D eigenvalue weighted by Gasteiger charge is -2.28. The van der Waals surface area contributed by atoms with Gasteiger partial charge in [-0.15, -0.1) is 0 Å².